The summed E-state index contributed by atoms with van der Waals surface area (Å²) in [5, 5.41) is 7.37. The van der Waals surface area contributed by atoms with Crippen LogP contribution in [0.1, 0.15) is 17.1 Å². The van der Waals surface area contributed by atoms with Crippen LogP contribution in [-0.4, -0.2) is 38.9 Å². The van der Waals surface area contributed by atoms with E-state index in [1.165, 1.54) is 16.8 Å². The third-order valence-electron chi connectivity index (χ3n) is 5.31. The number of rotatable bonds is 4. The summed E-state index contributed by atoms with van der Waals surface area (Å²) in [6, 6.07) is 10.6. The summed E-state index contributed by atoms with van der Waals surface area (Å²) in [5.41, 5.74) is -1.64. The second kappa shape index (κ2) is 7.87. The van der Waals surface area contributed by atoms with Gasteiger partial charge in [0.2, 0.25) is 5.65 Å². The molecule has 35 heavy (non-hydrogen) atoms. The molecular formula is C21H16F3N6O4P. The number of aryl methyl sites for hydroxylation is 1. The van der Waals surface area contributed by atoms with Crippen molar-refractivity contribution in [3.63, 3.8) is 0 Å². The number of H-pyrrole nitrogens is 1. The van der Waals surface area contributed by atoms with Crippen LogP contribution in [-0.2, 0) is 16.9 Å². The van der Waals surface area contributed by atoms with Crippen molar-refractivity contribution in [2.24, 2.45) is 0 Å². The fourth-order valence-electron chi connectivity index (χ4n) is 3.94. The molecule has 0 amide bonds. The fourth-order valence-corrected chi connectivity index (χ4v) is 4.52. The van der Waals surface area contributed by atoms with Crippen LogP contribution in [0.5, 0.6) is 0 Å². The molecule has 0 unspecified atom stereocenters. The van der Waals surface area contributed by atoms with Crippen LogP contribution in [0, 0.1) is 6.92 Å². The zero-order chi connectivity index (χ0) is 25.1. The van der Waals surface area contributed by atoms with Gasteiger partial charge in [0.1, 0.15) is 17.8 Å². The number of fused-ring (bicyclic) bond motifs is 3. The second-order valence-electron chi connectivity index (χ2n) is 7.88. The molecule has 0 atom stereocenters. The average molecular weight is 504 g/mol. The lowest BCUT2D eigenvalue weighted by atomic mass is 10.1. The molecule has 3 N–H and O–H groups in total. The van der Waals surface area contributed by atoms with Gasteiger partial charge in [-0.3, -0.25) is 18.3 Å². The van der Waals surface area contributed by atoms with E-state index in [9.17, 15) is 32.3 Å². The molecule has 0 aliphatic rings. The standard InChI is InChI=1S/C21H16F3N6O4P/c1-11-9-29(18(25-11)12-5-3-2-4-6-12)15-8-16-14(7-13(15)21(22,23)24)26-20(31)19-28-27-17(30(16)19)10-35(32,33)34/h2-9H,10H2,1H3,(H,26,31)(H2,32,33,34). The number of benzene rings is 2. The molecule has 3 aromatic heterocycles. The molecule has 0 aliphatic heterocycles. The van der Waals surface area contributed by atoms with E-state index in [2.05, 4.69) is 20.2 Å². The molecule has 14 heteroatoms. The first-order chi connectivity index (χ1) is 16.4. The first-order valence-corrected chi connectivity index (χ1v) is 11.9. The van der Waals surface area contributed by atoms with E-state index in [1.807, 2.05) is 0 Å². The maximum absolute atomic E-state index is 14.2. The lowest BCUT2D eigenvalue weighted by Crippen LogP contribution is -2.16. The van der Waals surface area contributed by atoms with Crippen LogP contribution in [0.2, 0.25) is 0 Å². The zero-order valence-electron chi connectivity index (χ0n) is 17.9. The summed E-state index contributed by atoms with van der Waals surface area (Å²) >= 11 is 0. The SMILES string of the molecule is Cc1cn(-c2cc3c(cc2C(F)(F)F)[nH]c(=O)c2nnc(CP(=O)(O)O)n23)c(-c2ccccc2)n1. The summed E-state index contributed by atoms with van der Waals surface area (Å²) < 4.78 is 56.6. The molecule has 10 nitrogen and oxygen atoms in total. The molecule has 5 aromatic rings. The van der Waals surface area contributed by atoms with Gasteiger partial charge < -0.3 is 14.8 Å². The molecule has 0 saturated heterocycles. The summed E-state index contributed by atoms with van der Waals surface area (Å²) in [5.74, 6) is -0.00643. The van der Waals surface area contributed by atoms with Gasteiger partial charge >= 0.3 is 13.8 Å². The van der Waals surface area contributed by atoms with Crippen molar-refractivity contribution >= 4 is 24.3 Å². The Labute approximate surface area is 193 Å². The Balaban J connectivity index is 1.89. The predicted octanol–water partition coefficient (Wildman–Crippen LogP) is 3.43. The van der Waals surface area contributed by atoms with Gasteiger partial charge in [0.25, 0.3) is 5.56 Å². The summed E-state index contributed by atoms with van der Waals surface area (Å²) in [6.45, 7) is 1.64. The average Bonchev–Trinajstić information content (AvgIpc) is 3.36. The molecule has 0 aliphatic carbocycles. The van der Waals surface area contributed by atoms with Gasteiger partial charge in [-0.2, -0.15) is 13.2 Å². The molecule has 0 spiro atoms. The van der Waals surface area contributed by atoms with Gasteiger partial charge in [0, 0.05) is 11.8 Å². The summed E-state index contributed by atoms with van der Waals surface area (Å²) in [6.07, 6.45) is -4.21. The van der Waals surface area contributed by atoms with Gasteiger partial charge in [-0.05, 0) is 19.1 Å². The van der Waals surface area contributed by atoms with Crippen LogP contribution < -0.4 is 5.56 Å². The van der Waals surface area contributed by atoms with Crippen molar-refractivity contribution < 1.29 is 27.5 Å². The van der Waals surface area contributed by atoms with Crippen LogP contribution in [0.25, 0.3) is 33.8 Å². The number of aromatic amines is 1. The van der Waals surface area contributed by atoms with Crippen molar-refractivity contribution in [3.05, 3.63) is 76.1 Å². The highest BCUT2D eigenvalue weighted by Gasteiger charge is 2.36. The maximum atomic E-state index is 14.2. The van der Waals surface area contributed by atoms with Crippen molar-refractivity contribution in [2.45, 2.75) is 19.3 Å². The number of alkyl halides is 3. The minimum Gasteiger partial charge on any atom is -0.324 e. The molecule has 3 heterocycles. The first-order valence-electron chi connectivity index (χ1n) is 10.1. The van der Waals surface area contributed by atoms with Gasteiger partial charge in [0.05, 0.1) is 28.0 Å². The van der Waals surface area contributed by atoms with E-state index >= 15 is 0 Å². The second-order valence-corrected chi connectivity index (χ2v) is 9.52. The van der Waals surface area contributed by atoms with Crippen molar-refractivity contribution in [1.29, 1.82) is 0 Å². The number of nitrogens with zero attached hydrogens (tertiary/aromatic N) is 5. The van der Waals surface area contributed by atoms with Gasteiger partial charge in [0.15, 0.2) is 0 Å². The highest BCUT2D eigenvalue weighted by molar-refractivity contribution is 7.50. The smallest absolute Gasteiger partial charge is 0.324 e. The van der Waals surface area contributed by atoms with Crippen molar-refractivity contribution in [2.75, 3.05) is 0 Å². The predicted molar refractivity (Wildman–Crippen MR) is 119 cm³/mol. The van der Waals surface area contributed by atoms with E-state index in [4.69, 9.17) is 0 Å². The van der Waals surface area contributed by atoms with E-state index < -0.39 is 31.1 Å². The number of hydrogen-bond acceptors (Lipinski definition) is 5. The highest BCUT2D eigenvalue weighted by Crippen LogP contribution is 2.40. The normalized spacial score (nSPS) is 12.6. The van der Waals surface area contributed by atoms with Crippen LogP contribution in [0.3, 0.4) is 0 Å². The number of hydrogen-bond donors (Lipinski definition) is 3. The lowest BCUT2D eigenvalue weighted by Gasteiger charge is -2.17. The Kier molecular flexibility index (Phi) is 5.16. The Bertz CT molecular complexity index is 1700. The maximum Gasteiger partial charge on any atom is 0.418 e. The highest BCUT2D eigenvalue weighted by atomic mass is 31.2. The van der Waals surface area contributed by atoms with Crippen LogP contribution in [0.4, 0.5) is 13.2 Å². The van der Waals surface area contributed by atoms with E-state index in [-0.39, 0.29) is 34.0 Å². The Morgan fingerprint density at radius 2 is 1.83 bits per heavy atom. The Morgan fingerprint density at radius 1 is 1.11 bits per heavy atom. The number of nitrogens with one attached hydrogen (secondary N) is 1. The topological polar surface area (TPSA) is 138 Å². The quantitative estimate of drug-likeness (QED) is 0.319. The summed E-state index contributed by atoms with van der Waals surface area (Å²) in [4.78, 5) is 38.1. The molecule has 5 rings (SSSR count). The van der Waals surface area contributed by atoms with E-state index in [0.29, 0.717) is 11.3 Å². The number of imidazole rings is 1. The number of halogens is 3. The molecule has 180 valence electrons. The van der Waals surface area contributed by atoms with Gasteiger partial charge in [-0.1, -0.05) is 30.3 Å². The first kappa shape index (κ1) is 23.0. The minimum atomic E-state index is -4.80. The fraction of sp³-hybridized carbons (Fsp3) is 0.143. The van der Waals surface area contributed by atoms with E-state index in [0.717, 1.165) is 10.5 Å². The third kappa shape index (κ3) is 4.14. The molecular weight excluding hydrogens is 488 g/mol. The van der Waals surface area contributed by atoms with E-state index in [1.54, 1.807) is 37.3 Å². The van der Waals surface area contributed by atoms with Crippen LogP contribution >= 0.6 is 7.60 Å². The van der Waals surface area contributed by atoms with Crippen molar-refractivity contribution in [1.82, 2.24) is 29.1 Å². The van der Waals surface area contributed by atoms with Crippen LogP contribution in [0.15, 0.2) is 53.5 Å². The third-order valence-corrected chi connectivity index (χ3v) is 6.00. The minimum absolute atomic E-state index is 0.0291. The lowest BCUT2D eigenvalue weighted by molar-refractivity contribution is -0.137. The van der Waals surface area contributed by atoms with Gasteiger partial charge in [-0.25, -0.2) is 4.98 Å². The number of aromatic nitrogens is 6. The zero-order valence-corrected chi connectivity index (χ0v) is 18.7. The van der Waals surface area contributed by atoms with Crippen molar-refractivity contribution in [3.8, 4) is 17.1 Å². The Morgan fingerprint density at radius 3 is 2.49 bits per heavy atom. The molecule has 0 radical (unpaired) electrons. The Hall–Kier alpha value is -3.80. The molecule has 0 saturated carbocycles. The summed E-state index contributed by atoms with van der Waals surface area (Å²) in [7, 11) is -4.63. The molecule has 0 bridgehead atoms. The van der Waals surface area contributed by atoms with Gasteiger partial charge in [-0.15, -0.1) is 10.2 Å². The molecule has 0 fully saturated rings. The largest absolute Gasteiger partial charge is 0.418 e. The monoisotopic (exact) mass is 504 g/mol. The molecule has 2 aromatic carbocycles.